The summed E-state index contributed by atoms with van der Waals surface area (Å²) in [6.45, 7) is 10.3. The summed E-state index contributed by atoms with van der Waals surface area (Å²) in [5.41, 5.74) is -0.120. The summed E-state index contributed by atoms with van der Waals surface area (Å²) in [5, 5.41) is 0. The Morgan fingerprint density at radius 3 is 1.64 bits per heavy atom. The molecule has 0 fully saturated rings. The van der Waals surface area contributed by atoms with E-state index in [1.165, 1.54) is 0 Å². The summed E-state index contributed by atoms with van der Waals surface area (Å²) in [5.74, 6) is 0.402. The van der Waals surface area contributed by atoms with E-state index in [2.05, 4.69) is 13.8 Å². The molecule has 2 nitrogen and oxygen atoms in total. The third-order valence-electron chi connectivity index (χ3n) is 1.25. The van der Waals surface area contributed by atoms with Gasteiger partial charge in [-0.15, -0.1) is 0 Å². The van der Waals surface area contributed by atoms with Gasteiger partial charge >= 0.3 is 0 Å². The lowest BCUT2D eigenvalue weighted by Crippen LogP contribution is -2.32. The van der Waals surface area contributed by atoms with Crippen LogP contribution in [0.2, 0.25) is 0 Å². The van der Waals surface area contributed by atoms with Gasteiger partial charge < -0.3 is 9.47 Å². The summed E-state index contributed by atoms with van der Waals surface area (Å²) < 4.78 is 10.8. The molecular formula is C9H20O2. The third-order valence-corrected chi connectivity index (χ3v) is 1.25. The first-order valence-corrected chi connectivity index (χ1v) is 4.07. The maximum Gasteiger partial charge on any atom is 0.160 e. The molecule has 0 bridgehead atoms. The summed E-state index contributed by atoms with van der Waals surface area (Å²) in [6, 6.07) is 0. The van der Waals surface area contributed by atoms with E-state index in [9.17, 15) is 0 Å². The Hall–Kier alpha value is -0.0800. The van der Waals surface area contributed by atoms with Crippen molar-refractivity contribution in [2.75, 3.05) is 7.11 Å². The molecule has 0 aromatic rings. The van der Waals surface area contributed by atoms with Gasteiger partial charge in [-0.05, 0) is 20.8 Å². The smallest absolute Gasteiger partial charge is 0.160 e. The Kier molecular flexibility index (Phi) is 4.04. The minimum atomic E-state index is -0.120. The van der Waals surface area contributed by atoms with Crippen LogP contribution in [-0.2, 0) is 9.47 Å². The second kappa shape index (κ2) is 4.07. The lowest BCUT2D eigenvalue weighted by atomic mass is 10.1. The fraction of sp³-hybridized carbons (Fsp3) is 1.00. The second-order valence-electron chi connectivity index (χ2n) is 4.08. The molecule has 11 heavy (non-hydrogen) atoms. The number of hydrogen-bond donors (Lipinski definition) is 0. The van der Waals surface area contributed by atoms with Gasteiger partial charge in [0.25, 0.3) is 0 Å². The van der Waals surface area contributed by atoms with Gasteiger partial charge in [-0.1, -0.05) is 13.8 Å². The van der Waals surface area contributed by atoms with E-state index in [1.807, 2.05) is 20.8 Å². The minimum absolute atomic E-state index is 0.0880. The van der Waals surface area contributed by atoms with E-state index in [0.717, 1.165) is 0 Å². The summed E-state index contributed by atoms with van der Waals surface area (Å²) in [4.78, 5) is 0. The van der Waals surface area contributed by atoms with Crippen LogP contribution in [0.1, 0.15) is 34.6 Å². The highest BCUT2D eigenvalue weighted by Gasteiger charge is 2.20. The Morgan fingerprint density at radius 1 is 1.09 bits per heavy atom. The minimum Gasteiger partial charge on any atom is -0.356 e. The maximum absolute atomic E-state index is 5.63. The molecule has 0 radical (unpaired) electrons. The summed E-state index contributed by atoms with van der Waals surface area (Å²) in [6.07, 6.45) is -0.0880. The molecule has 0 aliphatic heterocycles. The molecule has 0 aliphatic carbocycles. The van der Waals surface area contributed by atoms with Crippen LogP contribution in [0.25, 0.3) is 0 Å². The molecular weight excluding hydrogens is 140 g/mol. The molecule has 2 heteroatoms. The van der Waals surface area contributed by atoms with Crippen LogP contribution in [0.3, 0.4) is 0 Å². The largest absolute Gasteiger partial charge is 0.356 e. The van der Waals surface area contributed by atoms with E-state index in [4.69, 9.17) is 9.47 Å². The molecule has 0 N–H and O–H groups in total. The second-order valence-corrected chi connectivity index (χ2v) is 4.08. The first-order chi connectivity index (χ1) is 4.87. The monoisotopic (exact) mass is 160 g/mol. The van der Waals surface area contributed by atoms with Crippen molar-refractivity contribution in [1.82, 2.24) is 0 Å². The molecule has 0 saturated carbocycles. The van der Waals surface area contributed by atoms with Gasteiger partial charge in [0.05, 0.1) is 5.60 Å². The molecule has 0 rings (SSSR count). The highest BCUT2D eigenvalue weighted by Crippen LogP contribution is 2.16. The van der Waals surface area contributed by atoms with E-state index in [0.29, 0.717) is 5.92 Å². The molecule has 1 unspecified atom stereocenters. The van der Waals surface area contributed by atoms with Gasteiger partial charge in [0.1, 0.15) is 0 Å². The Balaban J connectivity index is 3.88. The van der Waals surface area contributed by atoms with Crippen LogP contribution in [-0.4, -0.2) is 19.0 Å². The van der Waals surface area contributed by atoms with Crippen LogP contribution in [0.15, 0.2) is 0 Å². The van der Waals surface area contributed by atoms with Gasteiger partial charge in [0, 0.05) is 13.0 Å². The molecule has 68 valence electrons. The quantitative estimate of drug-likeness (QED) is 0.590. The molecule has 0 spiro atoms. The Morgan fingerprint density at radius 2 is 1.55 bits per heavy atom. The Labute approximate surface area is 69.9 Å². The standard InChI is InChI=1S/C9H20O2/c1-7(2)8(10-6)11-9(3,4)5/h7-8H,1-6H3. The molecule has 0 heterocycles. The average molecular weight is 160 g/mol. The molecule has 1 atom stereocenters. The Bertz CT molecular complexity index is 103. The lowest BCUT2D eigenvalue weighted by Gasteiger charge is -2.28. The van der Waals surface area contributed by atoms with Crippen molar-refractivity contribution < 1.29 is 9.47 Å². The van der Waals surface area contributed by atoms with Crippen LogP contribution in [0, 0.1) is 5.92 Å². The van der Waals surface area contributed by atoms with Crippen molar-refractivity contribution in [3.63, 3.8) is 0 Å². The van der Waals surface area contributed by atoms with E-state index in [1.54, 1.807) is 7.11 Å². The first-order valence-electron chi connectivity index (χ1n) is 4.07. The van der Waals surface area contributed by atoms with Crippen LogP contribution >= 0.6 is 0 Å². The fourth-order valence-corrected chi connectivity index (χ4v) is 0.805. The predicted octanol–water partition coefficient (Wildman–Crippen LogP) is 2.43. The predicted molar refractivity (Wildman–Crippen MR) is 46.5 cm³/mol. The first kappa shape index (κ1) is 10.9. The highest BCUT2D eigenvalue weighted by molar-refractivity contribution is 4.62. The van der Waals surface area contributed by atoms with Gasteiger partial charge in [0.2, 0.25) is 0 Å². The molecule has 0 aromatic heterocycles. The molecule has 0 aromatic carbocycles. The number of ether oxygens (including phenoxy) is 2. The van der Waals surface area contributed by atoms with Crippen LogP contribution in [0.4, 0.5) is 0 Å². The lowest BCUT2D eigenvalue weighted by molar-refractivity contribution is -0.201. The SMILES string of the molecule is COC(OC(C)(C)C)C(C)C. The van der Waals surface area contributed by atoms with Crippen molar-refractivity contribution in [3.05, 3.63) is 0 Å². The van der Waals surface area contributed by atoms with Crippen LogP contribution < -0.4 is 0 Å². The van der Waals surface area contributed by atoms with E-state index >= 15 is 0 Å². The van der Waals surface area contributed by atoms with Gasteiger partial charge in [0.15, 0.2) is 6.29 Å². The maximum atomic E-state index is 5.63. The zero-order valence-electron chi connectivity index (χ0n) is 8.47. The normalized spacial score (nSPS) is 15.5. The van der Waals surface area contributed by atoms with Crippen molar-refractivity contribution in [3.8, 4) is 0 Å². The zero-order valence-corrected chi connectivity index (χ0v) is 8.47. The molecule has 0 amide bonds. The van der Waals surface area contributed by atoms with Crippen molar-refractivity contribution >= 4 is 0 Å². The number of rotatable bonds is 3. The van der Waals surface area contributed by atoms with Crippen molar-refractivity contribution in [2.24, 2.45) is 5.92 Å². The third kappa shape index (κ3) is 5.22. The molecule has 0 saturated heterocycles. The number of methoxy groups -OCH3 is 1. The van der Waals surface area contributed by atoms with Gasteiger partial charge in [-0.3, -0.25) is 0 Å². The highest BCUT2D eigenvalue weighted by atomic mass is 16.7. The molecule has 0 aliphatic rings. The van der Waals surface area contributed by atoms with Gasteiger partial charge in [-0.2, -0.15) is 0 Å². The van der Waals surface area contributed by atoms with Crippen molar-refractivity contribution in [1.29, 1.82) is 0 Å². The fourth-order valence-electron chi connectivity index (χ4n) is 0.805. The van der Waals surface area contributed by atoms with Gasteiger partial charge in [-0.25, -0.2) is 0 Å². The topological polar surface area (TPSA) is 18.5 Å². The van der Waals surface area contributed by atoms with Crippen molar-refractivity contribution in [2.45, 2.75) is 46.5 Å². The average Bonchev–Trinajstić information content (AvgIpc) is 1.80. The van der Waals surface area contributed by atoms with E-state index in [-0.39, 0.29) is 11.9 Å². The number of hydrogen-bond acceptors (Lipinski definition) is 2. The summed E-state index contributed by atoms with van der Waals surface area (Å²) >= 11 is 0. The zero-order chi connectivity index (χ0) is 9.07. The van der Waals surface area contributed by atoms with E-state index < -0.39 is 0 Å². The summed E-state index contributed by atoms with van der Waals surface area (Å²) in [7, 11) is 1.68. The van der Waals surface area contributed by atoms with Crippen LogP contribution in [0.5, 0.6) is 0 Å².